The van der Waals surface area contributed by atoms with Gasteiger partial charge in [0.05, 0.1) is 11.2 Å². The topological polar surface area (TPSA) is 63.8 Å². The van der Waals surface area contributed by atoms with Gasteiger partial charge in [-0.15, -0.1) is 0 Å². The van der Waals surface area contributed by atoms with Crippen LogP contribution < -0.4 is 11.1 Å². The highest BCUT2D eigenvalue weighted by Gasteiger charge is 2.11. The van der Waals surface area contributed by atoms with Crippen LogP contribution in [0.5, 0.6) is 0 Å². The van der Waals surface area contributed by atoms with E-state index in [0.717, 1.165) is 12.1 Å². The molecule has 3 rings (SSSR count). The summed E-state index contributed by atoms with van der Waals surface area (Å²) in [6, 6.07) is 9.39. The number of hydrogen-bond acceptors (Lipinski definition) is 4. The predicted molar refractivity (Wildman–Crippen MR) is 78.3 cm³/mol. The van der Waals surface area contributed by atoms with E-state index in [9.17, 15) is 8.78 Å². The number of benzene rings is 2. The van der Waals surface area contributed by atoms with Gasteiger partial charge in [0.25, 0.3) is 0 Å². The first-order valence-electron chi connectivity index (χ1n) is 6.29. The Bertz CT molecular complexity index is 833. The van der Waals surface area contributed by atoms with Crippen LogP contribution in [0.25, 0.3) is 10.9 Å². The van der Waals surface area contributed by atoms with E-state index in [1.165, 1.54) is 6.92 Å². The van der Waals surface area contributed by atoms with Crippen molar-refractivity contribution in [3.8, 4) is 0 Å². The monoisotopic (exact) mass is 286 g/mol. The number of anilines is 3. The zero-order valence-corrected chi connectivity index (χ0v) is 11.2. The van der Waals surface area contributed by atoms with Crippen molar-refractivity contribution in [3.63, 3.8) is 0 Å². The van der Waals surface area contributed by atoms with E-state index >= 15 is 0 Å². The maximum atomic E-state index is 13.9. The number of nitrogens with one attached hydrogen (secondary N) is 1. The summed E-state index contributed by atoms with van der Waals surface area (Å²) >= 11 is 0. The highest BCUT2D eigenvalue weighted by atomic mass is 19.1. The molecule has 0 aliphatic heterocycles. The number of rotatable bonds is 2. The van der Waals surface area contributed by atoms with Crippen LogP contribution in [0, 0.1) is 18.6 Å². The second-order valence-corrected chi connectivity index (χ2v) is 4.65. The van der Waals surface area contributed by atoms with Crippen molar-refractivity contribution >= 4 is 28.4 Å². The molecule has 0 unspecified atom stereocenters. The van der Waals surface area contributed by atoms with Crippen LogP contribution in [0.1, 0.15) is 5.56 Å². The molecule has 0 aliphatic rings. The molecule has 0 aliphatic carbocycles. The molecule has 0 spiro atoms. The summed E-state index contributed by atoms with van der Waals surface area (Å²) in [4.78, 5) is 8.15. The Hall–Kier alpha value is -2.76. The second kappa shape index (κ2) is 4.97. The van der Waals surface area contributed by atoms with Gasteiger partial charge >= 0.3 is 0 Å². The van der Waals surface area contributed by atoms with Crippen molar-refractivity contribution in [3.05, 3.63) is 53.6 Å². The normalized spacial score (nSPS) is 10.8. The Kier molecular flexibility index (Phi) is 3.13. The lowest BCUT2D eigenvalue weighted by molar-refractivity contribution is 0.595. The van der Waals surface area contributed by atoms with Crippen molar-refractivity contribution in [2.45, 2.75) is 6.92 Å². The Labute approximate surface area is 119 Å². The van der Waals surface area contributed by atoms with Gasteiger partial charge in [0.2, 0.25) is 5.95 Å². The molecule has 0 saturated heterocycles. The number of hydrogen-bond donors (Lipinski definition) is 2. The van der Waals surface area contributed by atoms with Gasteiger partial charge in [-0.1, -0.05) is 12.1 Å². The molecule has 3 N–H and O–H groups in total. The first-order valence-corrected chi connectivity index (χ1v) is 6.29. The number of nitrogens with two attached hydrogens (primary N) is 1. The van der Waals surface area contributed by atoms with Gasteiger partial charge in [-0.05, 0) is 30.7 Å². The smallest absolute Gasteiger partial charge is 0.222 e. The van der Waals surface area contributed by atoms with E-state index in [4.69, 9.17) is 5.73 Å². The zero-order chi connectivity index (χ0) is 15.0. The van der Waals surface area contributed by atoms with Gasteiger partial charge < -0.3 is 11.1 Å². The molecule has 4 nitrogen and oxygen atoms in total. The highest BCUT2D eigenvalue weighted by Crippen LogP contribution is 2.27. The van der Waals surface area contributed by atoms with Crippen LogP contribution in [0.3, 0.4) is 0 Å². The molecule has 106 valence electrons. The Balaban J connectivity index is 2.12. The molecule has 0 bridgehead atoms. The zero-order valence-electron chi connectivity index (χ0n) is 11.2. The van der Waals surface area contributed by atoms with E-state index in [0.29, 0.717) is 16.7 Å². The van der Waals surface area contributed by atoms with E-state index in [1.807, 2.05) is 6.07 Å². The summed E-state index contributed by atoms with van der Waals surface area (Å²) in [5, 5.41) is 3.45. The minimum absolute atomic E-state index is 0.00125. The van der Waals surface area contributed by atoms with Crippen LogP contribution in [0.4, 0.5) is 26.2 Å². The Morgan fingerprint density at radius 2 is 1.81 bits per heavy atom. The molecule has 6 heteroatoms. The number of nitrogens with zero attached hydrogens (tertiary/aromatic N) is 2. The van der Waals surface area contributed by atoms with Crippen LogP contribution in [0.2, 0.25) is 0 Å². The number of aryl methyl sites for hydroxylation is 1. The Morgan fingerprint density at radius 3 is 2.62 bits per heavy atom. The largest absolute Gasteiger partial charge is 0.368 e. The van der Waals surface area contributed by atoms with Crippen molar-refractivity contribution < 1.29 is 8.78 Å². The third-order valence-electron chi connectivity index (χ3n) is 3.12. The molecule has 0 atom stereocenters. The summed E-state index contributed by atoms with van der Waals surface area (Å²) in [6.07, 6.45) is 0. The third kappa shape index (κ3) is 2.47. The molecular formula is C15H12F2N4. The molecule has 1 heterocycles. The van der Waals surface area contributed by atoms with E-state index in [-0.39, 0.29) is 17.2 Å². The first-order chi connectivity index (χ1) is 10.0. The lowest BCUT2D eigenvalue weighted by Gasteiger charge is -2.11. The molecule has 0 amide bonds. The minimum Gasteiger partial charge on any atom is -0.368 e. The molecule has 0 radical (unpaired) electrons. The van der Waals surface area contributed by atoms with Crippen LogP contribution in [0.15, 0.2) is 36.4 Å². The predicted octanol–water partition coefficient (Wildman–Crippen LogP) is 3.54. The summed E-state index contributed by atoms with van der Waals surface area (Å²) in [5.74, 6) is -0.662. The fraction of sp³-hybridized carbons (Fsp3) is 0.0667. The average Bonchev–Trinajstić information content (AvgIpc) is 2.44. The molecule has 1 aromatic heterocycles. The highest BCUT2D eigenvalue weighted by molar-refractivity contribution is 5.91. The summed E-state index contributed by atoms with van der Waals surface area (Å²) in [6.45, 7) is 1.50. The van der Waals surface area contributed by atoms with Crippen LogP contribution >= 0.6 is 0 Å². The summed E-state index contributed by atoms with van der Waals surface area (Å²) in [5.41, 5.74) is 6.51. The van der Waals surface area contributed by atoms with Gasteiger partial charge in [-0.3, -0.25) is 0 Å². The van der Waals surface area contributed by atoms with Gasteiger partial charge in [-0.2, -0.15) is 4.98 Å². The van der Waals surface area contributed by atoms with Crippen molar-refractivity contribution in [1.29, 1.82) is 0 Å². The average molecular weight is 286 g/mol. The minimum atomic E-state index is -0.560. The number of nitrogen functional groups attached to an aromatic ring is 1. The van der Waals surface area contributed by atoms with E-state index in [1.54, 1.807) is 18.2 Å². The lowest BCUT2D eigenvalue weighted by Crippen LogP contribution is -2.03. The first kappa shape index (κ1) is 13.2. The second-order valence-electron chi connectivity index (χ2n) is 4.65. The fourth-order valence-corrected chi connectivity index (χ4v) is 2.06. The third-order valence-corrected chi connectivity index (χ3v) is 3.12. The molecule has 2 aromatic carbocycles. The van der Waals surface area contributed by atoms with Crippen molar-refractivity contribution in [2.24, 2.45) is 0 Å². The van der Waals surface area contributed by atoms with Gasteiger partial charge in [0.1, 0.15) is 17.5 Å². The number of para-hydroxylation sites is 1. The van der Waals surface area contributed by atoms with Gasteiger partial charge in [0.15, 0.2) is 0 Å². The molecule has 21 heavy (non-hydrogen) atoms. The van der Waals surface area contributed by atoms with Gasteiger partial charge in [-0.25, -0.2) is 13.8 Å². The maximum absolute atomic E-state index is 13.9. The summed E-state index contributed by atoms with van der Waals surface area (Å²) in [7, 11) is 0. The molecule has 3 aromatic rings. The van der Waals surface area contributed by atoms with E-state index in [2.05, 4.69) is 15.3 Å². The van der Waals surface area contributed by atoms with Crippen LogP contribution in [-0.4, -0.2) is 9.97 Å². The van der Waals surface area contributed by atoms with Gasteiger partial charge in [0, 0.05) is 11.5 Å². The maximum Gasteiger partial charge on any atom is 0.222 e. The Morgan fingerprint density at radius 1 is 1.05 bits per heavy atom. The SMILES string of the molecule is Cc1cc(F)c(Nc2nc(N)nc3ccccc23)cc1F. The quantitative estimate of drug-likeness (QED) is 0.756. The molecule has 0 saturated carbocycles. The number of halogens is 2. The molecular weight excluding hydrogens is 274 g/mol. The fourth-order valence-electron chi connectivity index (χ4n) is 2.06. The van der Waals surface area contributed by atoms with E-state index < -0.39 is 11.6 Å². The standard InChI is InChI=1S/C15H12F2N4/c1-8-6-11(17)13(7-10(8)16)19-14-9-4-2-3-5-12(9)20-15(18)21-14/h2-7H,1H3,(H3,18,19,20,21). The van der Waals surface area contributed by atoms with Crippen LogP contribution in [-0.2, 0) is 0 Å². The van der Waals surface area contributed by atoms with Crippen molar-refractivity contribution in [2.75, 3.05) is 11.1 Å². The van der Waals surface area contributed by atoms with Crippen molar-refractivity contribution in [1.82, 2.24) is 9.97 Å². The molecule has 0 fully saturated rings. The number of fused-ring (bicyclic) bond motifs is 1. The lowest BCUT2D eigenvalue weighted by atomic mass is 10.2. The number of aromatic nitrogens is 2. The summed E-state index contributed by atoms with van der Waals surface area (Å²) < 4.78 is 27.5.